The zero-order valence-corrected chi connectivity index (χ0v) is 9.88. The average molecular weight is 228 g/mol. The fourth-order valence-electron chi connectivity index (χ4n) is 1.76. The molecule has 2 amide bonds. The summed E-state index contributed by atoms with van der Waals surface area (Å²) >= 11 is 0. The Kier molecular flexibility index (Phi) is 5.21. The molecule has 1 fully saturated rings. The van der Waals surface area contributed by atoms with Crippen LogP contribution in [0.4, 0.5) is 0 Å². The Morgan fingerprint density at radius 3 is 2.75 bits per heavy atom. The molecule has 1 unspecified atom stereocenters. The van der Waals surface area contributed by atoms with Gasteiger partial charge in [0.2, 0.25) is 5.91 Å². The number of likely N-dealkylation sites (N-methyl/N-ethyl adjacent to an activating group) is 1. The molecule has 1 aliphatic heterocycles. The third kappa shape index (κ3) is 4.59. The van der Waals surface area contributed by atoms with Gasteiger partial charge in [-0.15, -0.1) is 0 Å². The minimum atomic E-state index is -0.268. The van der Waals surface area contributed by atoms with E-state index in [1.165, 1.54) is 6.92 Å². The van der Waals surface area contributed by atoms with Crippen LogP contribution in [0.2, 0.25) is 0 Å². The summed E-state index contributed by atoms with van der Waals surface area (Å²) in [5, 5.41) is 3.30. The molecule has 0 radical (unpaired) electrons. The van der Waals surface area contributed by atoms with Gasteiger partial charge in [-0.3, -0.25) is 25.3 Å². The van der Waals surface area contributed by atoms with Gasteiger partial charge in [0.1, 0.15) is 0 Å². The van der Waals surface area contributed by atoms with Crippen LogP contribution in [0, 0.1) is 0 Å². The van der Waals surface area contributed by atoms with Crippen molar-refractivity contribution in [3.8, 4) is 0 Å². The molecular weight excluding hydrogens is 208 g/mol. The first-order valence-corrected chi connectivity index (χ1v) is 5.56. The first kappa shape index (κ1) is 12.9. The SMILES string of the molecule is CC(=O)NNC(=O)CN(C)C1CCCNC1. The fourth-order valence-corrected chi connectivity index (χ4v) is 1.76. The van der Waals surface area contributed by atoms with Gasteiger partial charge in [-0.05, 0) is 26.4 Å². The molecular formula is C10H20N4O2. The molecule has 0 aromatic rings. The van der Waals surface area contributed by atoms with Crippen molar-refractivity contribution >= 4 is 11.8 Å². The smallest absolute Gasteiger partial charge is 0.252 e. The summed E-state index contributed by atoms with van der Waals surface area (Å²) in [5.74, 6) is -0.460. The van der Waals surface area contributed by atoms with Crippen LogP contribution in [0.3, 0.4) is 0 Å². The number of amides is 2. The summed E-state index contributed by atoms with van der Waals surface area (Å²) in [5.41, 5.74) is 4.62. The molecule has 1 heterocycles. The van der Waals surface area contributed by atoms with E-state index in [9.17, 15) is 9.59 Å². The van der Waals surface area contributed by atoms with Gasteiger partial charge in [0.05, 0.1) is 6.54 Å². The number of hydrazine groups is 1. The molecule has 0 aromatic heterocycles. The lowest BCUT2D eigenvalue weighted by Crippen LogP contribution is -2.50. The van der Waals surface area contributed by atoms with Crippen LogP contribution >= 0.6 is 0 Å². The van der Waals surface area contributed by atoms with Gasteiger partial charge in [-0.2, -0.15) is 0 Å². The van der Waals surface area contributed by atoms with E-state index in [2.05, 4.69) is 16.2 Å². The van der Waals surface area contributed by atoms with E-state index in [0.717, 1.165) is 25.9 Å². The molecule has 6 nitrogen and oxygen atoms in total. The zero-order chi connectivity index (χ0) is 12.0. The summed E-state index contributed by atoms with van der Waals surface area (Å²) in [6.45, 7) is 3.63. The van der Waals surface area contributed by atoms with Gasteiger partial charge in [0, 0.05) is 19.5 Å². The minimum absolute atomic E-state index is 0.191. The van der Waals surface area contributed by atoms with E-state index in [1.54, 1.807) is 0 Å². The molecule has 0 bridgehead atoms. The van der Waals surface area contributed by atoms with Crippen LogP contribution in [-0.4, -0.2) is 49.4 Å². The topological polar surface area (TPSA) is 73.5 Å². The standard InChI is InChI=1S/C10H20N4O2/c1-8(15)12-13-10(16)7-14(2)9-4-3-5-11-6-9/h9,11H,3-7H2,1-2H3,(H,12,15)(H,13,16). The lowest BCUT2D eigenvalue weighted by atomic mass is 10.1. The summed E-state index contributed by atoms with van der Waals surface area (Å²) in [6.07, 6.45) is 2.25. The molecule has 1 saturated heterocycles. The molecule has 0 saturated carbocycles. The first-order valence-electron chi connectivity index (χ1n) is 5.56. The number of nitrogens with one attached hydrogen (secondary N) is 3. The van der Waals surface area contributed by atoms with Gasteiger partial charge in [0.25, 0.3) is 5.91 Å². The number of hydrogen-bond donors (Lipinski definition) is 3. The molecule has 6 heteroatoms. The third-order valence-corrected chi connectivity index (χ3v) is 2.67. The van der Waals surface area contributed by atoms with Gasteiger partial charge >= 0.3 is 0 Å². The molecule has 92 valence electrons. The Labute approximate surface area is 95.7 Å². The molecule has 0 spiro atoms. The minimum Gasteiger partial charge on any atom is -0.315 e. The molecule has 0 aliphatic carbocycles. The lowest BCUT2D eigenvalue weighted by molar-refractivity contribution is -0.128. The van der Waals surface area contributed by atoms with Gasteiger partial charge in [-0.25, -0.2) is 0 Å². The van der Waals surface area contributed by atoms with Crippen LogP contribution in [-0.2, 0) is 9.59 Å². The van der Waals surface area contributed by atoms with E-state index >= 15 is 0 Å². The largest absolute Gasteiger partial charge is 0.315 e. The second-order valence-corrected chi connectivity index (χ2v) is 4.14. The van der Waals surface area contributed by atoms with Crippen molar-refractivity contribution < 1.29 is 9.59 Å². The Morgan fingerprint density at radius 1 is 1.44 bits per heavy atom. The van der Waals surface area contributed by atoms with E-state index in [-0.39, 0.29) is 11.8 Å². The summed E-state index contributed by atoms with van der Waals surface area (Å²) in [4.78, 5) is 24.0. The van der Waals surface area contributed by atoms with E-state index in [1.807, 2.05) is 11.9 Å². The lowest BCUT2D eigenvalue weighted by Gasteiger charge is -2.31. The Balaban J connectivity index is 2.23. The Hall–Kier alpha value is -1.14. The maximum absolute atomic E-state index is 11.4. The quantitative estimate of drug-likeness (QED) is 0.533. The predicted octanol–water partition coefficient (Wildman–Crippen LogP) is -1.16. The Bertz CT molecular complexity index is 251. The van der Waals surface area contributed by atoms with Crippen LogP contribution in [0.5, 0.6) is 0 Å². The molecule has 1 rings (SSSR count). The highest BCUT2D eigenvalue weighted by atomic mass is 16.2. The van der Waals surface area contributed by atoms with Gasteiger partial charge in [-0.1, -0.05) is 0 Å². The maximum Gasteiger partial charge on any atom is 0.252 e. The zero-order valence-electron chi connectivity index (χ0n) is 9.88. The normalized spacial score (nSPS) is 20.6. The monoisotopic (exact) mass is 228 g/mol. The number of carbonyl (C=O) groups excluding carboxylic acids is 2. The number of hydrogen-bond acceptors (Lipinski definition) is 4. The van der Waals surface area contributed by atoms with Crippen LogP contribution in [0.25, 0.3) is 0 Å². The number of nitrogens with zero attached hydrogens (tertiary/aromatic N) is 1. The highest BCUT2D eigenvalue weighted by Gasteiger charge is 2.19. The highest BCUT2D eigenvalue weighted by molar-refractivity contribution is 5.81. The molecule has 1 atom stereocenters. The van der Waals surface area contributed by atoms with Crippen molar-refractivity contribution in [2.75, 3.05) is 26.7 Å². The van der Waals surface area contributed by atoms with E-state index in [4.69, 9.17) is 0 Å². The second-order valence-electron chi connectivity index (χ2n) is 4.14. The van der Waals surface area contributed by atoms with Crippen molar-refractivity contribution in [1.82, 2.24) is 21.1 Å². The molecule has 1 aliphatic rings. The highest BCUT2D eigenvalue weighted by Crippen LogP contribution is 2.07. The van der Waals surface area contributed by atoms with Crippen molar-refractivity contribution in [2.45, 2.75) is 25.8 Å². The summed E-state index contributed by atoms with van der Waals surface area (Å²) in [7, 11) is 1.92. The molecule has 3 N–H and O–H groups in total. The molecule has 0 aromatic carbocycles. The van der Waals surface area contributed by atoms with E-state index in [0.29, 0.717) is 12.6 Å². The van der Waals surface area contributed by atoms with E-state index < -0.39 is 0 Å². The van der Waals surface area contributed by atoms with Crippen molar-refractivity contribution in [3.05, 3.63) is 0 Å². The Morgan fingerprint density at radius 2 is 2.19 bits per heavy atom. The number of piperidine rings is 1. The maximum atomic E-state index is 11.4. The third-order valence-electron chi connectivity index (χ3n) is 2.67. The summed E-state index contributed by atoms with van der Waals surface area (Å²) < 4.78 is 0. The van der Waals surface area contributed by atoms with Crippen molar-refractivity contribution in [2.24, 2.45) is 0 Å². The van der Waals surface area contributed by atoms with Crippen LogP contribution in [0.1, 0.15) is 19.8 Å². The van der Waals surface area contributed by atoms with Crippen molar-refractivity contribution in [3.63, 3.8) is 0 Å². The first-order chi connectivity index (χ1) is 7.59. The van der Waals surface area contributed by atoms with Crippen molar-refractivity contribution in [1.29, 1.82) is 0 Å². The average Bonchev–Trinajstić information content (AvgIpc) is 2.27. The van der Waals surface area contributed by atoms with Gasteiger partial charge < -0.3 is 5.32 Å². The summed E-state index contributed by atoms with van der Waals surface area (Å²) in [6, 6.07) is 0.400. The predicted molar refractivity (Wildman–Crippen MR) is 60.5 cm³/mol. The van der Waals surface area contributed by atoms with Gasteiger partial charge in [0.15, 0.2) is 0 Å². The van der Waals surface area contributed by atoms with Crippen LogP contribution < -0.4 is 16.2 Å². The van der Waals surface area contributed by atoms with Crippen LogP contribution in [0.15, 0.2) is 0 Å². The molecule has 16 heavy (non-hydrogen) atoms. The fraction of sp³-hybridized carbons (Fsp3) is 0.800. The number of carbonyl (C=O) groups is 2. The number of rotatable bonds is 3. The second kappa shape index (κ2) is 6.44.